The number of hydrogen-bond donors (Lipinski definition) is 1. The van der Waals surface area contributed by atoms with Gasteiger partial charge in [0.1, 0.15) is 0 Å². The van der Waals surface area contributed by atoms with Crippen LogP contribution in [0.25, 0.3) is 10.9 Å². The van der Waals surface area contributed by atoms with Crippen LogP contribution in [0.5, 0.6) is 0 Å². The van der Waals surface area contributed by atoms with Gasteiger partial charge in [-0.25, -0.2) is 4.98 Å². The van der Waals surface area contributed by atoms with Gasteiger partial charge in [0, 0.05) is 19.7 Å². The molecule has 0 spiro atoms. The molecule has 1 heterocycles. The fraction of sp³-hybridized carbons (Fsp3) is 0.429. The quantitative estimate of drug-likeness (QED) is 0.843. The summed E-state index contributed by atoms with van der Waals surface area (Å²) in [5.41, 5.74) is 0.722. The maximum atomic E-state index is 12.3. The molecule has 0 aliphatic carbocycles. The van der Waals surface area contributed by atoms with Gasteiger partial charge < -0.3 is 10.1 Å². The third-order valence-electron chi connectivity index (χ3n) is 3.01. The summed E-state index contributed by atoms with van der Waals surface area (Å²) in [4.78, 5) is 16.6. The van der Waals surface area contributed by atoms with E-state index < -0.39 is 0 Å². The van der Waals surface area contributed by atoms with Crippen LogP contribution in [0.1, 0.15) is 6.92 Å². The van der Waals surface area contributed by atoms with E-state index in [1.165, 1.54) is 0 Å². The van der Waals surface area contributed by atoms with Gasteiger partial charge in [-0.3, -0.25) is 9.36 Å². The molecule has 0 saturated carbocycles. The standard InChI is InChI=1S/C14H19N3O2/c1-3-15-11(9-19-2)8-17-10-16-13-7-5-4-6-12(13)14(17)18/h4-7,10-11,15H,3,8-9H2,1-2H3. The molecule has 0 radical (unpaired) electrons. The van der Waals surface area contributed by atoms with Crippen LogP contribution in [0.3, 0.4) is 0 Å². The van der Waals surface area contributed by atoms with Crippen LogP contribution in [0, 0.1) is 0 Å². The summed E-state index contributed by atoms with van der Waals surface area (Å²) in [6, 6.07) is 7.49. The molecule has 1 aromatic carbocycles. The molecule has 0 saturated heterocycles. The Morgan fingerprint density at radius 1 is 1.42 bits per heavy atom. The van der Waals surface area contributed by atoms with E-state index in [1.807, 2.05) is 25.1 Å². The minimum absolute atomic E-state index is 0.00962. The third kappa shape index (κ3) is 3.19. The number of ether oxygens (including phenoxy) is 1. The van der Waals surface area contributed by atoms with Crippen LogP contribution in [0.2, 0.25) is 0 Å². The van der Waals surface area contributed by atoms with E-state index in [1.54, 1.807) is 24.1 Å². The maximum absolute atomic E-state index is 12.3. The first-order valence-corrected chi connectivity index (χ1v) is 6.42. The zero-order valence-corrected chi connectivity index (χ0v) is 11.3. The minimum Gasteiger partial charge on any atom is -0.383 e. The maximum Gasteiger partial charge on any atom is 0.261 e. The second-order valence-electron chi connectivity index (χ2n) is 4.43. The fourth-order valence-corrected chi connectivity index (χ4v) is 2.14. The summed E-state index contributed by atoms with van der Waals surface area (Å²) < 4.78 is 6.79. The van der Waals surface area contributed by atoms with Gasteiger partial charge in [0.15, 0.2) is 0 Å². The Balaban J connectivity index is 2.29. The highest BCUT2D eigenvalue weighted by molar-refractivity contribution is 5.76. The first-order chi connectivity index (χ1) is 9.26. The monoisotopic (exact) mass is 261 g/mol. The lowest BCUT2D eigenvalue weighted by Gasteiger charge is -2.18. The van der Waals surface area contributed by atoms with Crippen LogP contribution in [-0.2, 0) is 11.3 Å². The van der Waals surface area contributed by atoms with Crippen molar-refractivity contribution in [3.05, 3.63) is 40.9 Å². The van der Waals surface area contributed by atoms with Crippen molar-refractivity contribution in [1.29, 1.82) is 0 Å². The summed E-state index contributed by atoms with van der Waals surface area (Å²) in [6.45, 7) is 3.99. The van der Waals surface area contributed by atoms with Gasteiger partial charge in [-0.1, -0.05) is 19.1 Å². The van der Waals surface area contributed by atoms with Crippen LogP contribution < -0.4 is 10.9 Å². The van der Waals surface area contributed by atoms with Crippen molar-refractivity contribution in [3.63, 3.8) is 0 Å². The Labute approximate surface area is 112 Å². The zero-order valence-electron chi connectivity index (χ0n) is 11.3. The Morgan fingerprint density at radius 2 is 2.21 bits per heavy atom. The number of rotatable bonds is 6. The number of nitrogens with one attached hydrogen (secondary N) is 1. The van der Waals surface area contributed by atoms with E-state index in [4.69, 9.17) is 4.74 Å². The first kappa shape index (κ1) is 13.7. The van der Waals surface area contributed by atoms with Gasteiger partial charge >= 0.3 is 0 Å². The SMILES string of the molecule is CCNC(COC)Cn1cnc2ccccc2c1=O. The van der Waals surface area contributed by atoms with E-state index in [2.05, 4.69) is 10.3 Å². The molecule has 5 heteroatoms. The van der Waals surface area contributed by atoms with Crippen LogP contribution in [-0.4, -0.2) is 35.9 Å². The van der Waals surface area contributed by atoms with Gasteiger partial charge in [-0.05, 0) is 18.7 Å². The molecule has 19 heavy (non-hydrogen) atoms. The van der Waals surface area contributed by atoms with Gasteiger partial charge in [0.25, 0.3) is 5.56 Å². The van der Waals surface area contributed by atoms with Crippen LogP contribution >= 0.6 is 0 Å². The molecule has 0 aliphatic rings. The van der Waals surface area contributed by atoms with Crippen molar-refractivity contribution in [2.75, 3.05) is 20.3 Å². The van der Waals surface area contributed by atoms with Crippen LogP contribution in [0.4, 0.5) is 0 Å². The fourth-order valence-electron chi connectivity index (χ4n) is 2.14. The number of hydrogen-bond acceptors (Lipinski definition) is 4. The number of aromatic nitrogens is 2. The number of nitrogens with zero attached hydrogens (tertiary/aromatic N) is 2. The van der Waals surface area contributed by atoms with Gasteiger partial charge in [-0.2, -0.15) is 0 Å². The Kier molecular flexibility index (Phi) is 4.65. The highest BCUT2D eigenvalue weighted by Crippen LogP contribution is 2.04. The summed E-state index contributed by atoms with van der Waals surface area (Å²) in [6.07, 6.45) is 1.60. The molecule has 0 amide bonds. The molecular weight excluding hydrogens is 242 g/mol. The lowest BCUT2D eigenvalue weighted by atomic mass is 10.2. The number of para-hydroxylation sites is 1. The van der Waals surface area contributed by atoms with E-state index in [9.17, 15) is 4.79 Å². The summed E-state index contributed by atoms with van der Waals surface area (Å²) >= 11 is 0. The summed E-state index contributed by atoms with van der Waals surface area (Å²) in [7, 11) is 1.66. The normalized spacial score (nSPS) is 12.7. The lowest BCUT2D eigenvalue weighted by Crippen LogP contribution is -2.39. The van der Waals surface area contributed by atoms with E-state index >= 15 is 0 Å². The molecule has 1 atom stereocenters. The van der Waals surface area contributed by atoms with Crippen molar-refractivity contribution >= 4 is 10.9 Å². The van der Waals surface area contributed by atoms with Gasteiger partial charge in [0.05, 0.1) is 23.8 Å². The molecule has 2 rings (SSSR count). The molecule has 1 N–H and O–H groups in total. The van der Waals surface area contributed by atoms with Crippen molar-refractivity contribution in [1.82, 2.24) is 14.9 Å². The molecule has 2 aromatic rings. The summed E-state index contributed by atoms with van der Waals surface area (Å²) in [5, 5.41) is 3.95. The minimum atomic E-state index is -0.00962. The number of benzene rings is 1. The van der Waals surface area contributed by atoms with E-state index in [-0.39, 0.29) is 11.6 Å². The van der Waals surface area contributed by atoms with Crippen molar-refractivity contribution in [3.8, 4) is 0 Å². The predicted molar refractivity (Wildman–Crippen MR) is 75.3 cm³/mol. The molecule has 5 nitrogen and oxygen atoms in total. The average Bonchev–Trinajstić information content (AvgIpc) is 2.43. The lowest BCUT2D eigenvalue weighted by molar-refractivity contribution is 0.159. The van der Waals surface area contributed by atoms with Crippen molar-refractivity contribution < 1.29 is 4.74 Å². The highest BCUT2D eigenvalue weighted by atomic mass is 16.5. The second kappa shape index (κ2) is 6.45. The van der Waals surface area contributed by atoms with Crippen molar-refractivity contribution in [2.24, 2.45) is 0 Å². The smallest absolute Gasteiger partial charge is 0.261 e. The molecule has 102 valence electrons. The molecule has 1 aromatic heterocycles. The Bertz CT molecular complexity index is 589. The summed E-state index contributed by atoms with van der Waals surface area (Å²) in [5.74, 6) is 0. The highest BCUT2D eigenvalue weighted by Gasteiger charge is 2.10. The Hall–Kier alpha value is -1.72. The molecular formula is C14H19N3O2. The molecule has 0 aliphatic heterocycles. The molecule has 1 unspecified atom stereocenters. The first-order valence-electron chi connectivity index (χ1n) is 6.42. The van der Waals surface area contributed by atoms with Gasteiger partial charge in [-0.15, -0.1) is 0 Å². The number of likely N-dealkylation sites (N-methyl/N-ethyl adjacent to an activating group) is 1. The van der Waals surface area contributed by atoms with E-state index in [0.29, 0.717) is 18.5 Å². The zero-order chi connectivity index (χ0) is 13.7. The van der Waals surface area contributed by atoms with Crippen LogP contribution in [0.15, 0.2) is 35.4 Å². The van der Waals surface area contributed by atoms with E-state index in [0.717, 1.165) is 12.1 Å². The second-order valence-corrected chi connectivity index (χ2v) is 4.43. The number of fused-ring (bicyclic) bond motifs is 1. The average molecular weight is 261 g/mol. The number of methoxy groups -OCH3 is 1. The predicted octanol–water partition coefficient (Wildman–Crippen LogP) is 1.02. The van der Waals surface area contributed by atoms with Gasteiger partial charge in [0.2, 0.25) is 0 Å². The van der Waals surface area contributed by atoms with Crippen molar-refractivity contribution in [2.45, 2.75) is 19.5 Å². The Morgan fingerprint density at radius 3 is 2.95 bits per heavy atom. The molecule has 0 bridgehead atoms. The largest absolute Gasteiger partial charge is 0.383 e. The third-order valence-corrected chi connectivity index (χ3v) is 3.01. The molecule has 0 fully saturated rings. The topological polar surface area (TPSA) is 56.1 Å².